The Morgan fingerprint density at radius 3 is 1.78 bits per heavy atom. The van der Waals surface area contributed by atoms with E-state index in [9.17, 15) is 0 Å². The highest BCUT2D eigenvalue weighted by atomic mass is 15.0. The fourth-order valence-electron chi connectivity index (χ4n) is 4.21. The lowest BCUT2D eigenvalue weighted by atomic mass is 9.66. The molecule has 27 heavy (non-hydrogen) atoms. The molecule has 0 amide bonds. The number of benzene rings is 4. The summed E-state index contributed by atoms with van der Waals surface area (Å²) in [6.45, 7) is 4.42. The van der Waals surface area contributed by atoms with E-state index in [0.29, 0.717) is 0 Å². The van der Waals surface area contributed by atoms with Crippen LogP contribution in [0, 0.1) is 13.8 Å². The van der Waals surface area contributed by atoms with Crippen LogP contribution in [-0.4, -0.2) is 6.98 Å². The van der Waals surface area contributed by atoms with Crippen LogP contribution < -0.4 is 15.9 Å². The number of hydrogen-bond donors (Lipinski definition) is 2. The second-order valence-corrected chi connectivity index (χ2v) is 7.32. The summed E-state index contributed by atoms with van der Waals surface area (Å²) < 4.78 is 0. The molecule has 0 saturated heterocycles. The van der Waals surface area contributed by atoms with Gasteiger partial charge in [0.2, 0.25) is 0 Å². The highest BCUT2D eigenvalue weighted by Crippen LogP contribution is 2.34. The van der Waals surface area contributed by atoms with Crippen molar-refractivity contribution in [3.63, 3.8) is 0 Å². The molecule has 2 nitrogen and oxygen atoms in total. The minimum atomic E-state index is 0.0671. The SMILES string of the molecule is Cc1cccc(C)c1-c1ccc(B2Nc3cccc4cccc(c34)N2)cc1. The normalized spacial score (nSPS) is 12.6. The van der Waals surface area contributed by atoms with E-state index in [-0.39, 0.29) is 6.98 Å². The van der Waals surface area contributed by atoms with Gasteiger partial charge in [-0.25, -0.2) is 0 Å². The summed E-state index contributed by atoms with van der Waals surface area (Å²) in [7, 11) is 0. The molecule has 1 aliphatic heterocycles. The summed E-state index contributed by atoms with van der Waals surface area (Å²) in [5.74, 6) is 0. The van der Waals surface area contributed by atoms with E-state index in [1.807, 2.05) is 0 Å². The molecule has 0 bridgehead atoms. The van der Waals surface area contributed by atoms with Crippen molar-refractivity contribution in [2.75, 3.05) is 10.5 Å². The predicted octanol–water partition coefficient (Wildman–Crippen LogP) is 5.36. The molecule has 4 aromatic rings. The molecule has 5 rings (SSSR count). The lowest BCUT2D eigenvalue weighted by Crippen LogP contribution is -2.47. The lowest BCUT2D eigenvalue weighted by molar-refractivity contribution is 1.38. The molecule has 1 aliphatic rings. The smallest absolute Gasteiger partial charge is 0.405 e. The Balaban J connectivity index is 1.50. The van der Waals surface area contributed by atoms with Gasteiger partial charge in [-0.3, -0.25) is 0 Å². The molecule has 0 fully saturated rings. The van der Waals surface area contributed by atoms with Crippen LogP contribution in [0.4, 0.5) is 11.4 Å². The summed E-state index contributed by atoms with van der Waals surface area (Å²) in [5.41, 5.74) is 8.85. The number of rotatable bonds is 2. The summed E-state index contributed by atoms with van der Waals surface area (Å²) in [6, 6.07) is 28.2. The Morgan fingerprint density at radius 1 is 0.630 bits per heavy atom. The van der Waals surface area contributed by atoms with Crippen LogP contribution in [0.15, 0.2) is 78.9 Å². The van der Waals surface area contributed by atoms with Crippen molar-refractivity contribution in [2.24, 2.45) is 0 Å². The molecule has 0 unspecified atom stereocenters. The first-order chi connectivity index (χ1) is 13.2. The third kappa shape index (κ3) is 2.67. The van der Waals surface area contributed by atoms with E-state index in [2.05, 4.69) is 103 Å². The van der Waals surface area contributed by atoms with Crippen molar-refractivity contribution in [3.05, 3.63) is 90.0 Å². The molecule has 4 aromatic carbocycles. The molecular formula is C24H21BN2. The average molecular weight is 348 g/mol. The summed E-state index contributed by atoms with van der Waals surface area (Å²) in [5, 5.41) is 9.82. The largest absolute Gasteiger partial charge is 0.406 e. The highest BCUT2D eigenvalue weighted by molar-refractivity contribution is 6.80. The van der Waals surface area contributed by atoms with Crippen molar-refractivity contribution in [1.82, 2.24) is 0 Å². The van der Waals surface area contributed by atoms with Gasteiger partial charge in [-0.1, -0.05) is 66.7 Å². The second-order valence-electron chi connectivity index (χ2n) is 7.32. The molecule has 0 aromatic heterocycles. The summed E-state index contributed by atoms with van der Waals surface area (Å²) in [4.78, 5) is 0. The molecule has 0 radical (unpaired) electrons. The van der Waals surface area contributed by atoms with Gasteiger partial charge in [0.15, 0.2) is 0 Å². The number of aryl methyl sites for hydroxylation is 2. The molecule has 130 valence electrons. The van der Waals surface area contributed by atoms with Crippen LogP contribution in [0.5, 0.6) is 0 Å². The van der Waals surface area contributed by atoms with Gasteiger partial charge in [0.25, 0.3) is 0 Å². The zero-order valence-corrected chi connectivity index (χ0v) is 15.6. The molecule has 0 spiro atoms. The molecule has 0 aliphatic carbocycles. The van der Waals surface area contributed by atoms with Crippen LogP contribution in [0.3, 0.4) is 0 Å². The zero-order chi connectivity index (χ0) is 18.4. The van der Waals surface area contributed by atoms with E-state index < -0.39 is 0 Å². The molecule has 0 atom stereocenters. The average Bonchev–Trinajstić information content (AvgIpc) is 2.69. The van der Waals surface area contributed by atoms with E-state index in [1.54, 1.807) is 0 Å². The Labute approximate surface area is 160 Å². The van der Waals surface area contributed by atoms with E-state index in [4.69, 9.17) is 0 Å². The van der Waals surface area contributed by atoms with E-state index in [1.165, 1.54) is 49.9 Å². The minimum Gasteiger partial charge on any atom is -0.405 e. The number of anilines is 2. The lowest BCUT2D eigenvalue weighted by Gasteiger charge is -2.27. The van der Waals surface area contributed by atoms with Crippen molar-refractivity contribution in [3.8, 4) is 11.1 Å². The Kier molecular flexibility index (Phi) is 3.68. The van der Waals surface area contributed by atoms with E-state index in [0.717, 1.165) is 0 Å². The monoisotopic (exact) mass is 348 g/mol. The fourth-order valence-corrected chi connectivity index (χ4v) is 4.21. The summed E-state index contributed by atoms with van der Waals surface area (Å²) >= 11 is 0. The maximum absolute atomic E-state index is 3.65. The maximum Gasteiger partial charge on any atom is 0.406 e. The first-order valence-corrected chi connectivity index (χ1v) is 9.42. The molecule has 1 heterocycles. The van der Waals surface area contributed by atoms with Crippen LogP contribution in [0.1, 0.15) is 11.1 Å². The van der Waals surface area contributed by atoms with Gasteiger partial charge in [-0.2, -0.15) is 0 Å². The number of hydrogen-bond acceptors (Lipinski definition) is 2. The zero-order valence-electron chi connectivity index (χ0n) is 15.6. The van der Waals surface area contributed by atoms with Crippen molar-refractivity contribution in [1.29, 1.82) is 0 Å². The van der Waals surface area contributed by atoms with Crippen LogP contribution in [-0.2, 0) is 0 Å². The molecular weight excluding hydrogens is 327 g/mol. The van der Waals surface area contributed by atoms with Gasteiger partial charge in [0.1, 0.15) is 0 Å². The highest BCUT2D eigenvalue weighted by Gasteiger charge is 2.25. The quantitative estimate of drug-likeness (QED) is 0.477. The predicted molar refractivity (Wildman–Crippen MR) is 118 cm³/mol. The third-order valence-electron chi connectivity index (χ3n) is 5.52. The molecule has 3 heteroatoms. The van der Waals surface area contributed by atoms with Crippen LogP contribution >= 0.6 is 0 Å². The van der Waals surface area contributed by atoms with Gasteiger partial charge in [-0.05, 0) is 59.1 Å². The van der Waals surface area contributed by atoms with Gasteiger partial charge < -0.3 is 10.5 Å². The maximum atomic E-state index is 3.65. The van der Waals surface area contributed by atoms with Gasteiger partial charge >= 0.3 is 6.98 Å². The number of nitrogens with one attached hydrogen (secondary N) is 2. The van der Waals surface area contributed by atoms with Gasteiger partial charge in [0.05, 0.1) is 0 Å². The minimum absolute atomic E-state index is 0.0671. The first kappa shape index (κ1) is 16.0. The summed E-state index contributed by atoms with van der Waals surface area (Å²) in [6.07, 6.45) is 0. The van der Waals surface area contributed by atoms with E-state index >= 15 is 0 Å². The third-order valence-corrected chi connectivity index (χ3v) is 5.52. The first-order valence-electron chi connectivity index (χ1n) is 9.42. The molecule has 0 saturated carbocycles. The van der Waals surface area contributed by atoms with Gasteiger partial charge in [0, 0.05) is 16.8 Å². The van der Waals surface area contributed by atoms with Crippen molar-refractivity contribution < 1.29 is 0 Å². The molecule has 2 N–H and O–H groups in total. The fraction of sp³-hybridized carbons (Fsp3) is 0.0833. The Morgan fingerprint density at radius 2 is 1.19 bits per heavy atom. The second kappa shape index (κ2) is 6.20. The van der Waals surface area contributed by atoms with Gasteiger partial charge in [-0.15, -0.1) is 0 Å². The van der Waals surface area contributed by atoms with Crippen LogP contribution in [0.2, 0.25) is 0 Å². The topological polar surface area (TPSA) is 24.1 Å². The Bertz CT molecular complexity index is 1090. The Hall–Kier alpha value is -3.20. The standard InChI is InChI=1S/C24H21BN2/c1-16-6-3-7-17(2)23(16)19-12-14-20(15-13-19)25-26-21-10-4-8-18-9-5-11-22(27-25)24(18)21/h3-15,26-27H,1-2H3. The van der Waals surface area contributed by atoms with Crippen molar-refractivity contribution >= 4 is 34.6 Å². The van der Waals surface area contributed by atoms with Crippen molar-refractivity contribution in [2.45, 2.75) is 13.8 Å². The van der Waals surface area contributed by atoms with Crippen LogP contribution in [0.25, 0.3) is 21.9 Å².